The van der Waals surface area contributed by atoms with Gasteiger partial charge in [-0.3, -0.25) is 14.5 Å². The number of rotatable bonds is 4. The first-order valence-corrected chi connectivity index (χ1v) is 8.81. The lowest BCUT2D eigenvalue weighted by Gasteiger charge is -2.31. The molecule has 3 heterocycles. The van der Waals surface area contributed by atoms with Gasteiger partial charge in [-0.15, -0.1) is 0 Å². The molecule has 4 rings (SSSR count). The molecule has 0 aliphatic carbocycles. The summed E-state index contributed by atoms with van der Waals surface area (Å²) in [6, 6.07) is 8.95. The zero-order valence-electron chi connectivity index (χ0n) is 13.7. The molecule has 25 heavy (non-hydrogen) atoms. The van der Waals surface area contributed by atoms with E-state index in [4.69, 9.17) is 21.8 Å². The Morgan fingerprint density at radius 2 is 2.08 bits per heavy atom. The fraction of sp³-hybridized carbons (Fsp3) is 0.471. The van der Waals surface area contributed by atoms with Gasteiger partial charge in [0.15, 0.2) is 0 Å². The summed E-state index contributed by atoms with van der Waals surface area (Å²) in [4.78, 5) is 34.3. The molecule has 0 radical (unpaired) electrons. The summed E-state index contributed by atoms with van der Waals surface area (Å²) in [7, 11) is 0. The smallest absolute Gasteiger partial charge is 0.345 e. The average Bonchev–Trinajstić information content (AvgIpc) is 3.16. The van der Waals surface area contributed by atoms with Gasteiger partial charge in [-0.25, -0.2) is 4.79 Å². The van der Waals surface area contributed by atoms with Crippen molar-refractivity contribution in [1.82, 2.24) is 14.9 Å². The normalized spacial score (nSPS) is 25.5. The number of piperidine rings is 1. The quantitative estimate of drug-likeness (QED) is 0.761. The Morgan fingerprint density at radius 3 is 2.80 bits per heavy atom. The molecular formula is C17H19N3O4S. The lowest BCUT2D eigenvalue weighted by Crippen LogP contribution is -2.51. The average molecular weight is 361 g/mol. The van der Waals surface area contributed by atoms with E-state index < -0.39 is 6.04 Å². The minimum atomic E-state index is -0.492. The fourth-order valence-corrected chi connectivity index (χ4v) is 3.81. The van der Waals surface area contributed by atoms with Gasteiger partial charge in [-0.1, -0.05) is 30.3 Å². The van der Waals surface area contributed by atoms with Gasteiger partial charge in [0, 0.05) is 6.54 Å². The first kappa shape index (κ1) is 16.3. The van der Waals surface area contributed by atoms with Crippen molar-refractivity contribution in [3.05, 3.63) is 35.9 Å². The SMILES string of the molecule is O=C([C@@H]1CC[C@@H]2CN1C(=O)N2OCc1ccccc1)N1CCOC1=S. The number of hydrogen-bond acceptors (Lipinski definition) is 5. The Kier molecular flexibility index (Phi) is 4.30. The van der Waals surface area contributed by atoms with Crippen molar-refractivity contribution in [2.24, 2.45) is 0 Å². The van der Waals surface area contributed by atoms with Crippen LogP contribution in [-0.4, -0.2) is 63.8 Å². The molecular weight excluding hydrogens is 342 g/mol. The Hall–Kier alpha value is -2.19. The van der Waals surface area contributed by atoms with Crippen LogP contribution in [-0.2, 0) is 21.0 Å². The number of benzene rings is 1. The van der Waals surface area contributed by atoms with Gasteiger partial charge in [0.1, 0.15) is 19.3 Å². The van der Waals surface area contributed by atoms with Crippen LogP contribution in [0, 0.1) is 0 Å². The van der Waals surface area contributed by atoms with Gasteiger partial charge in [0.05, 0.1) is 12.6 Å². The molecule has 1 aromatic carbocycles. The molecule has 3 fully saturated rings. The van der Waals surface area contributed by atoms with Gasteiger partial charge >= 0.3 is 6.03 Å². The molecule has 0 N–H and O–H groups in total. The summed E-state index contributed by atoms with van der Waals surface area (Å²) in [5.74, 6) is -0.154. The largest absolute Gasteiger partial charge is 0.469 e. The standard InChI is InChI=1S/C17H19N3O4S/c21-15(18-8-9-23-17(18)25)14-7-6-13-10-19(14)16(22)20(13)24-11-12-4-2-1-3-5-12/h1-5,13-14H,6-11H2/t13-,14+/m1/s1. The van der Waals surface area contributed by atoms with Crippen LogP contribution in [0.4, 0.5) is 4.79 Å². The van der Waals surface area contributed by atoms with Crippen LogP contribution in [0.25, 0.3) is 0 Å². The van der Waals surface area contributed by atoms with Crippen molar-refractivity contribution in [2.75, 3.05) is 19.7 Å². The van der Waals surface area contributed by atoms with Crippen molar-refractivity contribution < 1.29 is 19.2 Å². The molecule has 0 aromatic heterocycles. The number of hydrogen-bond donors (Lipinski definition) is 0. The van der Waals surface area contributed by atoms with Crippen LogP contribution in [0.3, 0.4) is 0 Å². The number of ether oxygens (including phenoxy) is 1. The molecule has 1 aromatic rings. The summed E-state index contributed by atoms with van der Waals surface area (Å²) >= 11 is 5.06. The van der Waals surface area contributed by atoms with E-state index in [1.54, 1.807) is 4.90 Å². The summed E-state index contributed by atoms with van der Waals surface area (Å²) in [5, 5.41) is 1.63. The van der Waals surface area contributed by atoms with Crippen LogP contribution >= 0.6 is 12.2 Å². The zero-order valence-corrected chi connectivity index (χ0v) is 14.5. The van der Waals surface area contributed by atoms with Crippen LogP contribution in [0.5, 0.6) is 0 Å². The predicted octanol–water partition coefficient (Wildman–Crippen LogP) is 1.53. The van der Waals surface area contributed by atoms with Gasteiger partial charge < -0.3 is 9.64 Å². The monoisotopic (exact) mass is 361 g/mol. The Labute approximate surface area is 151 Å². The highest BCUT2D eigenvalue weighted by Gasteiger charge is 2.49. The maximum Gasteiger partial charge on any atom is 0.345 e. The Morgan fingerprint density at radius 1 is 1.28 bits per heavy atom. The highest BCUT2D eigenvalue weighted by atomic mass is 32.1. The Balaban J connectivity index is 1.43. The molecule has 2 atom stereocenters. The van der Waals surface area contributed by atoms with Gasteiger partial charge in [-0.2, -0.15) is 5.06 Å². The summed E-state index contributed by atoms with van der Waals surface area (Å²) in [5.41, 5.74) is 0.999. The Bertz CT molecular complexity index is 698. The summed E-state index contributed by atoms with van der Waals surface area (Å²) in [6.07, 6.45) is 1.34. The molecule has 132 valence electrons. The zero-order chi connectivity index (χ0) is 17.4. The molecule has 3 amide bonds. The van der Waals surface area contributed by atoms with E-state index in [2.05, 4.69) is 0 Å². The third-order valence-corrected chi connectivity index (χ3v) is 5.19. The number of amides is 3. The number of nitrogens with zero attached hydrogens (tertiary/aromatic N) is 3. The molecule has 3 aliphatic heterocycles. The molecule has 7 nitrogen and oxygen atoms in total. The van der Waals surface area contributed by atoms with Crippen molar-refractivity contribution in [1.29, 1.82) is 0 Å². The number of fused-ring (bicyclic) bond motifs is 2. The first-order chi connectivity index (χ1) is 12.1. The van der Waals surface area contributed by atoms with Crippen molar-refractivity contribution in [3.63, 3.8) is 0 Å². The van der Waals surface area contributed by atoms with E-state index in [1.807, 2.05) is 30.3 Å². The number of hydroxylamine groups is 2. The molecule has 2 bridgehead atoms. The second-order valence-corrected chi connectivity index (χ2v) is 6.72. The number of carbonyl (C=O) groups is 2. The van der Waals surface area contributed by atoms with Crippen molar-refractivity contribution in [2.45, 2.75) is 31.5 Å². The van der Waals surface area contributed by atoms with Gasteiger partial charge in [0.25, 0.3) is 11.1 Å². The van der Waals surface area contributed by atoms with Crippen LogP contribution < -0.4 is 0 Å². The number of carbonyl (C=O) groups excluding carboxylic acids is 2. The molecule has 8 heteroatoms. The van der Waals surface area contributed by atoms with Gasteiger partial charge in [0.2, 0.25) is 0 Å². The third-order valence-electron chi connectivity index (χ3n) is 4.85. The highest BCUT2D eigenvalue weighted by Crippen LogP contribution is 2.31. The van der Waals surface area contributed by atoms with Crippen molar-refractivity contribution in [3.8, 4) is 0 Å². The highest BCUT2D eigenvalue weighted by molar-refractivity contribution is 7.80. The van der Waals surface area contributed by atoms with E-state index in [0.29, 0.717) is 32.7 Å². The minimum Gasteiger partial charge on any atom is -0.469 e. The van der Waals surface area contributed by atoms with Crippen LogP contribution in [0.1, 0.15) is 18.4 Å². The maximum absolute atomic E-state index is 12.7. The summed E-state index contributed by atoms with van der Waals surface area (Å²) < 4.78 is 5.19. The fourth-order valence-electron chi connectivity index (χ4n) is 3.55. The molecule has 0 unspecified atom stereocenters. The minimum absolute atomic E-state index is 0.0120. The topological polar surface area (TPSA) is 62.3 Å². The lowest BCUT2D eigenvalue weighted by atomic mass is 10.00. The van der Waals surface area contributed by atoms with Crippen LogP contribution in [0.2, 0.25) is 0 Å². The van der Waals surface area contributed by atoms with Crippen molar-refractivity contribution >= 4 is 29.3 Å². The maximum atomic E-state index is 12.7. The first-order valence-electron chi connectivity index (χ1n) is 8.40. The second-order valence-electron chi connectivity index (χ2n) is 6.37. The molecule has 0 saturated carbocycles. The van der Waals surface area contributed by atoms with Gasteiger partial charge in [-0.05, 0) is 30.6 Å². The van der Waals surface area contributed by atoms with E-state index in [0.717, 1.165) is 12.0 Å². The summed E-state index contributed by atoms with van der Waals surface area (Å²) in [6.45, 7) is 1.71. The lowest BCUT2D eigenvalue weighted by molar-refractivity contribution is -0.140. The van der Waals surface area contributed by atoms with E-state index in [1.165, 1.54) is 9.96 Å². The predicted molar refractivity (Wildman–Crippen MR) is 92.2 cm³/mol. The number of urea groups is 1. The van der Waals surface area contributed by atoms with E-state index in [9.17, 15) is 9.59 Å². The molecule has 0 spiro atoms. The molecule has 3 saturated heterocycles. The van der Waals surface area contributed by atoms with E-state index >= 15 is 0 Å². The molecule has 3 aliphatic rings. The van der Waals surface area contributed by atoms with Crippen LogP contribution in [0.15, 0.2) is 30.3 Å². The number of thiocarbonyl (C=S) groups is 1. The second kappa shape index (κ2) is 6.61. The third kappa shape index (κ3) is 2.96. The van der Waals surface area contributed by atoms with E-state index in [-0.39, 0.29) is 23.2 Å².